The SMILES string of the molecule is CN(C)c1nn[p-]n1. The number of rotatable bonds is 1. The Labute approximate surface area is 49.2 Å². The van der Waals surface area contributed by atoms with Crippen LogP contribution in [0.4, 0.5) is 5.95 Å². The summed E-state index contributed by atoms with van der Waals surface area (Å²) in [6, 6.07) is 0. The van der Waals surface area contributed by atoms with E-state index < -0.39 is 0 Å². The van der Waals surface area contributed by atoms with E-state index in [2.05, 4.69) is 14.7 Å². The van der Waals surface area contributed by atoms with Gasteiger partial charge in [0.05, 0.1) is 0 Å². The van der Waals surface area contributed by atoms with Crippen LogP contribution in [0.2, 0.25) is 0 Å². The van der Waals surface area contributed by atoms with Crippen LogP contribution in [0.3, 0.4) is 0 Å². The fourth-order valence-electron chi connectivity index (χ4n) is 0.319. The van der Waals surface area contributed by atoms with Crippen molar-refractivity contribution in [3.63, 3.8) is 0 Å². The molecule has 0 N–H and O–H groups in total. The van der Waals surface area contributed by atoms with Gasteiger partial charge in [0.25, 0.3) is 0 Å². The van der Waals surface area contributed by atoms with Crippen LogP contribution in [0.5, 0.6) is 0 Å². The molecule has 0 fully saturated rings. The van der Waals surface area contributed by atoms with Crippen molar-refractivity contribution < 1.29 is 0 Å². The second kappa shape index (κ2) is 2.09. The first-order chi connectivity index (χ1) is 3.80. The molecule has 1 rings (SSSR count). The molecular formula is C3H6N4P-. The lowest BCUT2D eigenvalue weighted by atomic mass is 10.9. The summed E-state index contributed by atoms with van der Waals surface area (Å²) in [5, 5.41) is 3.72. The Morgan fingerprint density at radius 3 is 2.50 bits per heavy atom. The van der Waals surface area contributed by atoms with Crippen LogP contribution in [0.1, 0.15) is 0 Å². The van der Waals surface area contributed by atoms with Gasteiger partial charge in [-0.05, 0) is 0 Å². The highest BCUT2D eigenvalue weighted by molar-refractivity contribution is 7.20. The molecular weight excluding hydrogens is 123 g/mol. The van der Waals surface area contributed by atoms with Gasteiger partial charge in [0.15, 0.2) is 0 Å². The molecule has 1 heterocycles. The second-order valence-electron chi connectivity index (χ2n) is 1.57. The van der Waals surface area contributed by atoms with Crippen molar-refractivity contribution in [2.75, 3.05) is 19.0 Å². The van der Waals surface area contributed by atoms with E-state index in [9.17, 15) is 0 Å². The number of anilines is 1. The summed E-state index contributed by atoms with van der Waals surface area (Å²) in [5.74, 6) is 0.701. The summed E-state index contributed by atoms with van der Waals surface area (Å²) in [5.41, 5.74) is 0. The maximum absolute atomic E-state index is 3.92. The first kappa shape index (κ1) is 5.51. The van der Waals surface area contributed by atoms with Crippen molar-refractivity contribution in [2.45, 2.75) is 0 Å². The fraction of sp³-hybridized carbons (Fsp3) is 0.667. The zero-order valence-corrected chi connectivity index (χ0v) is 5.63. The molecule has 5 heteroatoms. The molecule has 0 aliphatic carbocycles. The molecule has 1 aromatic heterocycles. The van der Waals surface area contributed by atoms with E-state index >= 15 is 0 Å². The van der Waals surface area contributed by atoms with Gasteiger partial charge < -0.3 is 14.5 Å². The van der Waals surface area contributed by atoms with Gasteiger partial charge in [-0.3, -0.25) is 8.51 Å². The molecule has 0 aliphatic rings. The van der Waals surface area contributed by atoms with Crippen molar-refractivity contribution in [3.05, 3.63) is 0 Å². The largest absolute Gasteiger partial charge is 0.390 e. The Kier molecular flexibility index (Phi) is 1.44. The van der Waals surface area contributed by atoms with E-state index in [0.29, 0.717) is 14.5 Å². The van der Waals surface area contributed by atoms with Crippen molar-refractivity contribution >= 4 is 14.5 Å². The van der Waals surface area contributed by atoms with Gasteiger partial charge in [-0.25, -0.2) is 0 Å². The maximum atomic E-state index is 3.92. The third-order valence-corrected chi connectivity index (χ3v) is 1.15. The molecule has 0 spiro atoms. The molecule has 0 amide bonds. The molecule has 0 bridgehead atoms. The molecule has 1 aromatic rings. The Hall–Kier alpha value is -0.630. The third-order valence-electron chi connectivity index (χ3n) is 0.708. The molecule has 0 radical (unpaired) electrons. The first-order valence-corrected chi connectivity index (χ1v) is 2.97. The minimum atomic E-state index is 0.701. The second-order valence-corrected chi connectivity index (χ2v) is 2.13. The van der Waals surface area contributed by atoms with Gasteiger partial charge in [0.2, 0.25) is 5.95 Å². The normalized spacial score (nSPS) is 10.2. The van der Waals surface area contributed by atoms with E-state index in [1.807, 2.05) is 19.0 Å². The first-order valence-electron chi connectivity index (χ1n) is 2.17. The minimum Gasteiger partial charge on any atom is -0.390 e. The smallest absolute Gasteiger partial charge is 0.210 e. The molecule has 0 atom stereocenters. The van der Waals surface area contributed by atoms with E-state index in [1.165, 1.54) is 0 Å². The minimum absolute atomic E-state index is 0.701. The Morgan fingerprint density at radius 2 is 2.25 bits per heavy atom. The van der Waals surface area contributed by atoms with Crippen molar-refractivity contribution in [1.29, 1.82) is 0 Å². The maximum Gasteiger partial charge on any atom is 0.210 e. The average molecular weight is 129 g/mol. The average Bonchev–Trinajstić information content (AvgIpc) is 2.12. The van der Waals surface area contributed by atoms with E-state index in [1.54, 1.807) is 0 Å². The highest BCUT2D eigenvalue weighted by Crippen LogP contribution is 2.02. The van der Waals surface area contributed by atoms with Crippen molar-refractivity contribution in [1.82, 2.24) is 14.7 Å². The Balaban J connectivity index is 2.77. The van der Waals surface area contributed by atoms with Crippen LogP contribution < -0.4 is 4.90 Å². The zero-order valence-electron chi connectivity index (χ0n) is 4.74. The molecule has 0 saturated heterocycles. The standard InChI is InChI=1S/C3H6N4P/c1-7(2)3-4-6-8-5-3/h1-2H3/q-1. The summed E-state index contributed by atoms with van der Waals surface area (Å²) < 4.78 is 3.92. The number of hydrogen-bond acceptors (Lipinski definition) is 4. The molecule has 0 unspecified atom stereocenters. The molecule has 44 valence electrons. The van der Waals surface area contributed by atoms with Gasteiger partial charge in [0, 0.05) is 14.1 Å². The van der Waals surface area contributed by atoms with Crippen LogP contribution >= 0.6 is 8.51 Å². The number of aromatic nitrogens is 3. The molecule has 0 aromatic carbocycles. The van der Waals surface area contributed by atoms with E-state index in [-0.39, 0.29) is 0 Å². The Bertz CT molecular complexity index is 146. The number of nitrogens with zero attached hydrogens (tertiary/aromatic N) is 4. The van der Waals surface area contributed by atoms with Crippen molar-refractivity contribution in [3.8, 4) is 0 Å². The quantitative estimate of drug-likeness (QED) is 0.544. The van der Waals surface area contributed by atoms with Gasteiger partial charge in [0.1, 0.15) is 0 Å². The van der Waals surface area contributed by atoms with Gasteiger partial charge in [-0.1, -0.05) is 0 Å². The summed E-state index contributed by atoms with van der Waals surface area (Å²) >= 11 is 0. The highest BCUT2D eigenvalue weighted by Gasteiger charge is 1.88. The fourth-order valence-corrected chi connectivity index (χ4v) is 0.778. The molecule has 8 heavy (non-hydrogen) atoms. The highest BCUT2D eigenvalue weighted by atomic mass is 31.1. The lowest BCUT2D eigenvalue weighted by Gasteiger charge is -2.05. The van der Waals surface area contributed by atoms with Crippen molar-refractivity contribution in [2.24, 2.45) is 0 Å². The molecule has 0 aliphatic heterocycles. The summed E-state index contributed by atoms with van der Waals surface area (Å²) in [7, 11) is 4.48. The zero-order chi connectivity index (χ0) is 5.98. The lowest BCUT2D eigenvalue weighted by molar-refractivity contribution is 1.00. The monoisotopic (exact) mass is 129 g/mol. The Morgan fingerprint density at radius 1 is 1.50 bits per heavy atom. The van der Waals surface area contributed by atoms with Gasteiger partial charge in [-0.2, -0.15) is 0 Å². The summed E-state index contributed by atoms with van der Waals surface area (Å²) in [6.45, 7) is 0. The van der Waals surface area contributed by atoms with Gasteiger partial charge >= 0.3 is 0 Å². The van der Waals surface area contributed by atoms with E-state index in [0.717, 1.165) is 0 Å². The lowest BCUT2D eigenvalue weighted by Crippen LogP contribution is -2.09. The van der Waals surface area contributed by atoms with Crippen LogP contribution in [0, 0.1) is 0 Å². The molecule has 0 saturated carbocycles. The summed E-state index contributed by atoms with van der Waals surface area (Å²) in [6.07, 6.45) is 0. The van der Waals surface area contributed by atoms with Crippen LogP contribution in [0.15, 0.2) is 0 Å². The third kappa shape index (κ3) is 0.954. The number of hydrogen-bond donors (Lipinski definition) is 0. The van der Waals surface area contributed by atoms with Gasteiger partial charge in [-0.15, -0.1) is 5.10 Å². The van der Waals surface area contributed by atoms with Crippen LogP contribution in [0.25, 0.3) is 0 Å². The topological polar surface area (TPSA) is 41.9 Å². The molecule has 4 nitrogen and oxygen atoms in total. The van der Waals surface area contributed by atoms with Crippen LogP contribution in [-0.4, -0.2) is 28.8 Å². The predicted molar refractivity (Wildman–Crippen MR) is 32.3 cm³/mol. The predicted octanol–water partition coefficient (Wildman–Crippen LogP) is 0.237. The summed E-state index contributed by atoms with van der Waals surface area (Å²) in [4.78, 5) is 5.46. The van der Waals surface area contributed by atoms with Crippen LogP contribution in [-0.2, 0) is 0 Å². The van der Waals surface area contributed by atoms with E-state index in [4.69, 9.17) is 0 Å².